The molecule has 1 aliphatic rings. The zero-order chi connectivity index (χ0) is 21.8. The Morgan fingerprint density at radius 3 is 2.88 bits per heavy atom. The highest BCUT2D eigenvalue weighted by Crippen LogP contribution is 2.34. The lowest BCUT2D eigenvalue weighted by Gasteiger charge is -2.22. The van der Waals surface area contributed by atoms with Gasteiger partial charge >= 0.3 is 0 Å². The van der Waals surface area contributed by atoms with Gasteiger partial charge in [0.2, 0.25) is 0 Å². The second kappa shape index (κ2) is 9.63. The molecular formula is C25H27N5OS. The Labute approximate surface area is 192 Å². The molecule has 2 aromatic carbocycles. The minimum absolute atomic E-state index is 0.368. The van der Waals surface area contributed by atoms with Gasteiger partial charge in [0.15, 0.2) is 0 Å². The van der Waals surface area contributed by atoms with E-state index in [-0.39, 0.29) is 0 Å². The van der Waals surface area contributed by atoms with Crippen LogP contribution in [0.15, 0.2) is 60.1 Å². The molecule has 32 heavy (non-hydrogen) atoms. The third-order valence-corrected chi connectivity index (χ3v) is 6.85. The van der Waals surface area contributed by atoms with Gasteiger partial charge in [-0.25, -0.2) is 15.0 Å². The molecule has 164 valence electrons. The van der Waals surface area contributed by atoms with Crippen molar-refractivity contribution in [3.05, 3.63) is 76.5 Å². The van der Waals surface area contributed by atoms with Crippen molar-refractivity contribution in [2.45, 2.75) is 31.8 Å². The summed E-state index contributed by atoms with van der Waals surface area (Å²) < 4.78 is 5.49. The molecule has 4 aromatic rings. The van der Waals surface area contributed by atoms with Crippen LogP contribution >= 0.6 is 11.3 Å². The predicted octanol–water partition coefficient (Wildman–Crippen LogP) is 5.09. The number of aromatic nitrogens is 3. The third-order valence-electron chi connectivity index (χ3n) is 5.97. The van der Waals surface area contributed by atoms with E-state index in [4.69, 9.17) is 14.7 Å². The van der Waals surface area contributed by atoms with Crippen molar-refractivity contribution in [1.29, 1.82) is 0 Å². The second-order valence-corrected chi connectivity index (χ2v) is 8.92. The summed E-state index contributed by atoms with van der Waals surface area (Å²) in [7, 11) is 1.72. The van der Waals surface area contributed by atoms with Gasteiger partial charge in [0.05, 0.1) is 25.2 Å². The van der Waals surface area contributed by atoms with Gasteiger partial charge in [0.25, 0.3) is 0 Å². The molecular weight excluding hydrogens is 418 g/mol. The number of ether oxygens (including phenoxy) is 1. The molecule has 2 aromatic heterocycles. The molecule has 0 bridgehead atoms. The largest absolute Gasteiger partial charge is 0.496 e. The minimum atomic E-state index is 0.368. The Balaban J connectivity index is 1.36. The highest BCUT2D eigenvalue weighted by Gasteiger charge is 2.28. The number of benzene rings is 2. The van der Waals surface area contributed by atoms with Crippen LogP contribution in [0.25, 0.3) is 10.9 Å². The zero-order valence-corrected chi connectivity index (χ0v) is 19.0. The Bertz CT molecular complexity index is 1180. The van der Waals surface area contributed by atoms with E-state index in [0.29, 0.717) is 6.04 Å². The number of thiazole rings is 1. The van der Waals surface area contributed by atoms with Crippen molar-refractivity contribution < 1.29 is 4.74 Å². The molecule has 0 spiro atoms. The first-order chi connectivity index (χ1) is 15.8. The maximum atomic E-state index is 5.49. The van der Waals surface area contributed by atoms with E-state index < -0.39 is 0 Å². The number of hydrogen-bond donors (Lipinski definition) is 1. The molecule has 0 saturated carbocycles. The van der Waals surface area contributed by atoms with E-state index in [1.54, 1.807) is 18.4 Å². The van der Waals surface area contributed by atoms with E-state index >= 15 is 0 Å². The van der Waals surface area contributed by atoms with Gasteiger partial charge in [0.1, 0.15) is 22.4 Å². The Kier molecular flexibility index (Phi) is 6.27. The van der Waals surface area contributed by atoms with Gasteiger partial charge in [-0.05, 0) is 49.6 Å². The zero-order valence-electron chi connectivity index (χ0n) is 18.2. The lowest BCUT2D eigenvalue weighted by Crippen LogP contribution is -2.24. The number of rotatable bonds is 8. The lowest BCUT2D eigenvalue weighted by atomic mass is 10.1. The Morgan fingerprint density at radius 1 is 1.12 bits per heavy atom. The third kappa shape index (κ3) is 4.45. The summed E-state index contributed by atoms with van der Waals surface area (Å²) in [6, 6.07) is 16.7. The van der Waals surface area contributed by atoms with Crippen LogP contribution in [0.4, 0.5) is 5.82 Å². The van der Waals surface area contributed by atoms with Crippen LogP contribution in [0.5, 0.6) is 5.75 Å². The molecule has 6 nitrogen and oxygen atoms in total. The first kappa shape index (κ1) is 20.8. The van der Waals surface area contributed by atoms with Crippen LogP contribution in [0.1, 0.15) is 35.3 Å². The maximum Gasteiger partial charge on any atom is 0.145 e. The lowest BCUT2D eigenvalue weighted by molar-refractivity contribution is 0.242. The summed E-state index contributed by atoms with van der Waals surface area (Å²) in [5.41, 5.74) is 2.16. The smallest absolute Gasteiger partial charge is 0.145 e. The summed E-state index contributed by atoms with van der Waals surface area (Å²) in [5.74, 6) is 2.67. The quantitative estimate of drug-likeness (QED) is 0.408. The molecule has 1 aliphatic heterocycles. The number of anilines is 1. The first-order valence-corrected chi connectivity index (χ1v) is 11.9. The average molecular weight is 446 g/mol. The number of fused-ring (bicyclic) bond motifs is 1. The summed E-state index contributed by atoms with van der Waals surface area (Å²) >= 11 is 1.74. The molecule has 5 rings (SSSR count). The number of hydrogen-bond acceptors (Lipinski definition) is 7. The van der Waals surface area contributed by atoms with E-state index in [2.05, 4.69) is 38.8 Å². The van der Waals surface area contributed by atoms with Gasteiger partial charge < -0.3 is 10.1 Å². The fourth-order valence-electron chi connectivity index (χ4n) is 4.43. The molecule has 1 saturated heterocycles. The van der Waals surface area contributed by atoms with Gasteiger partial charge in [-0.1, -0.05) is 30.3 Å². The van der Waals surface area contributed by atoms with E-state index in [9.17, 15) is 0 Å². The van der Waals surface area contributed by atoms with Crippen LogP contribution in [-0.4, -0.2) is 40.1 Å². The molecule has 7 heteroatoms. The summed E-state index contributed by atoms with van der Waals surface area (Å²) in [6.07, 6.45) is 5.08. The number of likely N-dealkylation sites (tertiary alicyclic amines) is 1. The van der Waals surface area contributed by atoms with Crippen LogP contribution in [-0.2, 0) is 13.0 Å². The fourth-order valence-corrected chi connectivity index (χ4v) is 5.24. The minimum Gasteiger partial charge on any atom is -0.496 e. The molecule has 0 aliphatic carbocycles. The van der Waals surface area contributed by atoms with Crippen LogP contribution < -0.4 is 10.1 Å². The average Bonchev–Trinajstić information content (AvgIpc) is 3.51. The number of para-hydroxylation sites is 2. The topological polar surface area (TPSA) is 63.2 Å². The Morgan fingerprint density at radius 2 is 2.00 bits per heavy atom. The molecule has 1 fully saturated rings. The van der Waals surface area contributed by atoms with Gasteiger partial charge in [-0.3, -0.25) is 4.90 Å². The van der Waals surface area contributed by atoms with E-state index in [0.717, 1.165) is 60.8 Å². The summed E-state index contributed by atoms with van der Waals surface area (Å²) in [6.45, 7) is 2.56. The molecule has 1 N–H and O–H groups in total. The number of nitrogens with one attached hydrogen (secondary N) is 1. The maximum absolute atomic E-state index is 5.49. The SMILES string of the molecule is COc1ccccc1CCNc1nc(CN2CCCC2c2nccs2)nc2ccccc12. The first-order valence-electron chi connectivity index (χ1n) is 11.1. The monoisotopic (exact) mass is 445 g/mol. The molecule has 3 heterocycles. The molecule has 1 atom stereocenters. The second-order valence-electron chi connectivity index (χ2n) is 7.99. The van der Waals surface area contributed by atoms with E-state index in [1.807, 2.05) is 36.5 Å². The standard InChI is InChI=1S/C25H27N5OS/c1-31-22-11-5-2-7-18(22)12-13-26-24-19-8-3-4-9-20(19)28-23(29-24)17-30-15-6-10-21(30)25-27-14-16-32-25/h2-5,7-9,11,14,16,21H,6,10,12-13,15,17H2,1H3,(H,26,28,29). The summed E-state index contributed by atoms with van der Waals surface area (Å²) in [4.78, 5) is 16.8. The van der Waals surface area contributed by atoms with Crippen molar-refractivity contribution >= 4 is 28.1 Å². The summed E-state index contributed by atoms with van der Waals surface area (Å²) in [5, 5.41) is 7.86. The van der Waals surface area contributed by atoms with Crippen molar-refractivity contribution in [1.82, 2.24) is 19.9 Å². The normalized spacial score (nSPS) is 16.5. The van der Waals surface area contributed by atoms with Crippen LogP contribution in [0.2, 0.25) is 0 Å². The number of nitrogens with zero attached hydrogens (tertiary/aromatic N) is 4. The van der Waals surface area contributed by atoms with Gasteiger partial charge in [-0.2, -0.15) is 0 Å². The Hall–Kier alpha value is -3.03. The van der Waals surface area contributed by atoms with Crippen LogP contribution in [0, 0.1) is 0 Å². The highest BCUT2D eigenvalue weighted by atomic mass is 32.1. The highest BCUT2D eigenvalue weighted by molar-refractivity contribution is 7.09. The van der Waals surface area contributed by atoms with Crippen molar-refractivity contribution in [2.75, 3.05) is 25.5 Å². The van der Waals surface area contributed by atoms with Gasteiger partial charge in [0, 0.05) is 23.5 Å². The van der Waals surface area contributed by atoms with E-state index in [1.165, 1.54) is 17.0 Å². The van der Waals surface area contributed by atoms with Crippen LogP contribution in [0.3, 0.4) is 0 Å². The van der Waals surface area contributed by atoms with Gasteiger partial charge in [-0.15, -0.1) is 11.3 Å². The molecule has 0 amide bonds. The molecule has 1 unspecified atom stereocenters. The fraction of sp³-hybridized carbons (Fsp3) is 0.320. The van der Waals surface area contributed by atoms with Crippen molar-refractivity contribution in [3.63, 3.8) is 0 Å². The molecule has 0 radical (unpaired) electrons. The van der Waals surface area contributed by atoms with Crippen molar-refractivity contribution in [2.24, 2.45) is 0 Å². The number of methoxy groups -OCH3 is 1. The predicted molar refractivity (Wildman–Crippen MR) is 129 cm³/mol. The van der Waals surface area contributed by atoms with Crippen molar-refractivity contribution in [3.8, 4) is 5.75 Å².